The Hall–Kier alpha value is -4.09. The van der Waals surface area contributed by atoms with Crippen LogP contribution in [0.3, 0.4) is 0 Å². The molecule has 3 aromatic rings. The largest absolute Gasteiger partial charge is 0.492 e. The van der Waals surface area contributed by atoms with E-state index in [0.717, 1.165) is 24.3 Å². The number of hydrogen-bond donors (Lipinski definition) is 2. The summed E-state index contributed by atoms with van der Waals surface area (Å²) in [7, 11) is 3.17. The summed E-state index contributed by atoms with van der Waals surface area (Å²) < 4.78 is 12.5. The molecule has 0 bridgehead atoms. The van der Waals surface area contributed by atoms with E-state index in [1.54, 1.807) is 46.1 Å². The normalized spacial score (nSPS) is 13.5. The molecule has 2 aromatic carbocycles. The van der Waals surface area contributed by atoms with Crippen LogP contribution in [0.4, 0.5) is 16.2 Å². The summed E-state index contributed by atoms with van der Waals surface area (Å²) >= 11 is 5.92. The van der Waals surface area contributed by atoms with E-state index < -0.39 is 0 Å². The number of aryl methyl sites for hydroxylation is 1. The summed E-state index contributed by atoms with van der Waals surface area (Å²) in [5.41, 5.74) is 2.87. The van der Waals surface area contributed by atoms with Crippen LogP contribution >= 0.6 is 11.6 Å². The van der Waals surface area contributed by atoms with Crippen molar-refractivity contribution in [2.45, 2.75) is 12.8 Å². The molecule has 2 heterocycles. The van der Waals surface area contributed by atoms with Crippen LogP contribution in [0.1, 0.15) is 12.8 Å². The molecule has 12 heteroatoms. The Balaban J connectivity index is 1.32. The fourth-order valence-corrected chi connectivity index (χ4v) is 4.50. The third-order valence-electron chi connectivity index (χ3n) is 6.60. The van der Waals surface area contributed by atoms with Gasteiger partial charge in [-0.15, -0.1) is 0 Å². The number of nitrogens with zero attached hydrogens (tertiary/aromatic N) is 4. The maximum atomic E-state index is 12.6. The molecule has 0 unspecified atom stereocenters. The lowest BCUT2D eigenvalue weighted by molar-refractivity contribution is -0.144. The number of halogens is 1. The van der Waals surface area contributed by atoms with Crippen molar-refractivity contribution in [3.63, 3.8) is 0 Å². The van der Waals surface area contributed by atoms with Crippen molar-refractivity contribution >= 4 is 40.9 Å². The van der Waals surface area contributed by atoms with Crippen LogP contribution in [0.5, 0.6) is 5.75 Å². The van der Waals surface area contributed by atoms with Crippen LogP contribution in [0.2, 0.25) is 5.02 Å². The second-order valence-corrected chi connectivity index (χ2v) is 9.72. The number of esters is 1. The van der Waals surface area contributed by atoms with E-state index in [9.17, 15) is 14.4 Å². The van der Waals surface area contributed by atoms with Gasteiger partial charge >= 0.3 is 12.0 Å². The molecule has 1 aliphatic heterocycles. The monoisotopic (exact) mass is 568 g/mol. The number of rotatable bonds is 10. The minimum atomic E-state index is -0.380. The van der Waals surface area contributed by atoms with E-state index in [2.05, 4.69) is 25.4 Å². The summed E-state index contributed by atoms with van der Waals surface area (Å²) in [5.74, 6) is 0.265. The summed E-state index contributed by atoms with van der Waals surface area (Å²) in [6.45, 7) is 3.82. The number of anilines is 2. The first-order chi connectivity index (χ1) is 19.3. The number of benzene rings is 2. The third-order valence-corrected chi connectivity index (χ3v) is 6.85. The molecule has 212 valence electrons. The first-order valence-electron chi connectivity index (χ1n) is 13.0. The van der Waals surface area contributed by atoms with Crippen LogP contribution in [-0.2, 0) is 21.4 Å². The van der Waals surface area contributed by atoms with Gasteiger partial charge in [-0.3, -0.25) is 19.2 Å². The zero-order valence-electron chi connectivity index (χ0n) is 22.6. The van der Waals surface area contributed by atoms with Gasteiger partial charge in [-0.05, 0) is 48.5 Å². The minimum absolute atomic E-state index is 0.0299. The number of piperazine rings is 1. The van der Waals surface area contributed by atoms with E-state index in [1.807, 2.05) is 25.2 Å². The predicted molar refractivity (Wildman–Crippen MR) is 153 cm³/mol. The number of carbonyl (C=O) groups is 3. The topological polar surface area (TPSA) is 118 Å². The summed E-state index contributed by atoms with van der Waals surface area (Å²) in [6.07, 6.45) is 1.97. The molecule has 0 spiro atoms. The van der Waals surface area contributed by atoms with Gasteiger partial charge in [0.25, 0.3) is 0 Å². The Bertz CT molecular complexity index is 1320. The lowest BCUT2D eigenvalue weighted by Crippen LogP contribution is -2.49. The lowest BCUT2D eigenvalue weighted by Gasteiger charge is -2.34. The van der Waals surface area contributed by atoms with Crippen molar-refractivity contribution in [2.75, 3.05) is 57.1 Å². The zero-order valence-corrected chi connectivity index (χ0v) is 23.3. The number of amides is 3. The maximum absolute atomic E-state index is 12.6. The molecule has 1 fully saturated rings. The van der Waals surface area contributed by atoms with Gasteiger partial charge < -0.3 is 25.0 Å². The zero-order chi connectivity index (χ0) is 28.5. The van der Waals surface area contributed by atoms with E-state index in [-0.39, 0.29) is 30.7 Å². The molecule has 3 amide bonds. The molecule has 1 saturated heterocycles. The van der Waals surface area contributed by atoms with Crippen LogP contribution < -0.4 is 15.4 Å². The predicted octanol–water partition coefficient (Wildman–Crippen LogP) is 3.86. The highest BCUT2D eigenvalue weighted by Crippen LogP contribution is 2.32. The molecule has 0 atom stereocenters. The van der Waals surface area contributed by atoms with Gasteiger partial charge in [0.1, 0.15) is 12.4 Å². The van der Waals surface area contributed by atoms with Crippen molar-refractivity contribution in [1.29, 1.82) is 0 Å². The molecule has 40 heavy (non-hydrogen) atoms. The van der Waals surface area contributed by atoms with Crippen molar-refractivity contribution < 1.29 is 23.9 Å². The quantitative estimate of drug-likeness (QED) is 0.357. The van der Waals surface area contributed by atoms with Gasteiger partial charge in [-0.1, -0.05) is 11.6 Å². The fourth-order valence-electron chi connectivity index (χ4n) is 4.37. The van der Waals surface area contributed by atoms with Gasteiger partial charge in [-0.25, -0.2) is 4.79 Å². The molecule has 0 saturated carbocycles. The van der Waals surface area contributed by atoms with E-state index >= 15 is 0 Å². The second kappa shape index (κ2) is 13.8. The van der Waals surface area contributed by atoms with Gasteiger partial charge in [-0.2, -0.15) is 5.10 Å². The number of aromatic nitrogens is 2. The molecule has 1 aliphatic rings. The molecule has 4 rings (SSSR count). The fraction of sp³-hybridized carbons (Fsp3) is 0.357. The molecular weight excluding hydrogens is 536 g/mol. The Morgan fingerprint density at radius 3 is 2.33 bits per heavy atom. The van der Waals surface area contributed by atoms with Crippen molar-refractivity contribution in [3.05, 3.63) is 59.8 Å². The summed E-state index contributed by atoms with van der Waals surface area (Å²) in [6, 6.07) is 13.8. The van der Waals surface area contributed by atoms with Gasteiger partial charge in [0.15, 0.2) is 0 Å². The highest BCUT2D eigenvalue weighted by molar-refractivity contribution is 6.30. The van der Waals surface area contributed by atoms with Crippen molar-refractivity contribution in [2.24, 2.45) is 7.05 Å². The van der Waals surface area contributed by atoms with E-state index in [4.69, 9.17) is 16.3 Å². The van der Waals surface area contributed by atoms with Gasteiger partial charge in [0, 0.05) is 74.3 Å². The minimum Gasteiger partial charge on any atom is -0.492 e. The smallest absolute Gasteiger partial charge is 0.323 e. The number of nitrogens with one attached hydrogen (secondary N) is 2. The van der Waals surface area contributed by atoms with Crippen molar-refractivity contribution in [3.8, 4) is 17.0 Å². The van der Waals surface area contributed by atoms with Crippen molar-refractivity contribution in [1.82, 2.24) is 19.6 Å². The Kier molecular flexibility index (Phi) is 9.98. The number of carbonyl (C=O) groups excluding carboxylic acids is 3. The summed E-state index contributed by atoms with van der Waals surface area (Å²) in [5, 5.41) is 10.5. The van der Waals surface area contributed by atoms with E-state index in [1.165, 1.54) is 7.11 Å². The third kappa shape index (κ3) is 7.96. The molecule has 2 N–H and O–H groups in total. The molecule has 1 aromatic heterocycles. The number of methoxy groups -OCH3 is 1. The average Bonchev–Trinajstić information content (AvgIpc) is 3.39. The molecular formula is C28H33ClN6O5. The number of urea groups is 1. The van der Waals surface area contributed by atoms with Crippen LogP contribution in [0.25, 0.3) is 11.3 Å². The van der Waals surface area contributed by atoms with Crippen LogP contribution in [0.15, 0.2) is 54.7 Å². The highest BCUT2D eigenvalue weighted by atomic mass is 35.5. The first kappa shape index (κ1) is 28.9. The van der Waals surface area contributed by atoms with Gasteiger partial charge in [0.05, 0.1) is 19.2 Å². The Morgan fingerprint density at radius 2 is 1.65 bits per heavy atom. The average molecular weight is 569 g/mol. The maximum Gasteiger partial charge on any atom is 0.323 e. The number of ether oxygens (including phenoxy) is 2. The first-order valence-corrected chi connectivity index (χ1v) is 13.4. The standard InChI is InChI=1S/C28H33ClN6O5/c1-33-24(11-12-30-33)23-19-22(32-28(38)31-21-5-3-20(29)4-6-21)7-8-25(23)40-18-17-34-13-15-35(16-14-34)26(36)9-10-27(37)39-2/h3-8,11-12,19H,9-10,13-18H2,1-2H3,(H2,31,32,38). The Labute approximate surface area is 238 Å². The molecule has 0 aliphatic carbocycles. The summed E-state index contributed by atoms with van der Waals surface area (Å²) in [4.78, 5) is 40.2. The van der Waals surface area contributed by atoms with E-state index in [0.29, 0.717) is 48.4 Å². The second-order valence-electron chi connectivity index (χ2n) is 9.28. The highest BCUT2D eigenvalue weighted by Gasteiger charge is 2.22. The van der Waals surface area contributed by atoms with Crippen LogP contribution in [0, 0.1) is 0 Å². The Morgan fingerprint density at radius 1 is 0.950 bits per heavy atom. The number of hydrogen-bond acceptors (Lipinski definition) is 7. The SMILES string of the molecule is COC(=O)CCC(=O)N1CCN(CCOc2ccc(NC(=O)Nc3ccc(Cl)cc3)cc2-c2ccnn2C)CC1. The van der Waals surface area contributed by atoms with Crippen LogP contribution in [-0.4, -0.2) is 83.9 Å². The van der Waals surface area contributed by atoms with Gasteiger partial charge in [0.2, 0.25) is 5.91 Å². The molecule has 11 nitrogen and oxygen atoms in total. The lowest BCUT2D eigenvalue weighted by atomic mass is 10.1. The molecule has 0 radical (unpaired) electrons.